The van der Waals surface area contributed by atoms with Gasteiger partial charge in [0.2, 0.25) is 0 Å². The van der Waals surface area contributed by atoms with Gasteiger partial charge in [-0.2, -0.15) is 0 Å². The lowest BCUT2D eigenvalue weighted by atomic mass is 10.1. The second-order valence-electron chi connectivity index (χ2n) is 5.00. The molecule has 3 rings (SSSR count). The summed E-state index contributed by atoms with van der Waals surface area (Å²) in [5.74, 6) is 0.525. The minimum absolute atomic E-state index is 0.417. The number of hydrogen-bond donors (Lipinski definition) is 2. The lowest BCUT2D eigenvalue weighted by Gasteiger charge is -2.10. The molecular weight excluding hydrogens is 266 g/mol. The summed E-state index contributed by atoms with van der Waals surface area (Å²) < 4.78 is 5.50. The molecule has 2 heterocycles. The van der Waals surface area contributed by atoms with E-state index in [2.05, 4.69) is 22.4 Å². The fourth-order valence-corrected chi connectivity index (χ4v) is 2.48. The topological polar surface area (TPSA) is 77.2 Å². The number of carbonyl (C=O) groups excluding carboxylic acids is 1. The molecule has 0 fully saturated rings. The molecular formula is C16H17N3O2. The quantitative estimate of drug-likeness (QED) is 0.876. The molecule has 1 aromatic heterocycles. The summed E-state index contributed by atoms with van der Waals surface area (Å²) in [6.45, 7) is 1.50. The first kappa shape index (κ1) is 13.4. The van der Waals surface area contributed by atoms with E-state index >= 15 is 0 Å². The lowest BCUT2D eigenvalue weighted by Crippen LogP contribution is -2.15. The lowest BCUT2D eigenvalue weighted by molar-refractivity contribution is 0.100. The van der Waals surface area contributed by atoms with Crippen molar-refractivity contribution in [2.75, 3.05) is 18.5 Å². The van der Waals surface area contributed by atoms with Gasteiger partial charge in [0.15, 0.2) is 0 Å². The molecule has 1 aliphatic heterocycles. The maximum absolute atomic E-state index is 11.3. The van der Waals surface area contributed by atoms with Gasteiger partial charge < -0.3 is 15.8 Å². The molecule has 2 aromatic rings. The van der Waals surface area contributed by atoms with Crippen molar-refractivity contribution in [3.8, 4) is 5.75 Å². The molecule has 1 aliphatic rings. The summed E-state index contributed by atoms with van der Waals surface area (Å²) in [7, 11) is 0. The van der Waals surface area contributed by atoms with Crippen LogP contribution < -0.4 is 15.8 Å². The predicted octanol–water partition coefficient (Wildman–Crippen LogP) is 1.77. The van der Waals surface area contributed by atoms with Gasteiger partial charge in [-0.3, -0.25) is 9.78 Å². The fraction of sp³-hybridized carbons (Fsp3) is 0.250. The Labute approximate surface area is 123 Å². The van der Waals surface area contributed by atoms with Crippen LogP contribution in [0.1, 0.15) is 21.5 Å². The first-order valence-electron chi connectivity index (χ1n) is 6.96. The third-order valence-electron chi connectivity index (χ3n) is 3.57. The smallest absolute Gasteiger partial charge is 0.252 e. The van der Waals surface area contributed by atoms with Crippen LogP contribution in [0.25, 0.3) is 0 Å². The third-order valence-corrected chi connectivity index (χ3v) is 3.57. The van der Waals surface area contributed by atoms with Crippen LogP contribution in [-0.2, 0) is 12.8 Å². The second kappa shape index (κ2) is 5.83. The van der Waals surface area contributed by atoms with Crippen LogP contribution in [0.4, 0.5) is 5.69 Å². The van der Waals surface area contributed by atoms with Gasteiger partial charge in [-0.25, -0.2) is 0 Å². The van der Waals surface area contributed by atoms with E-state index in [0.29, 0.717) is 5.56 Å². The zero-order valence-electron chi connectivity index (χ0n) is 11.6. The van der Waals surface area contributed by atoms with Gasteiger partial charge in [-0.05, 0) is 29.7 Å². The van der Waals surface area contributed by atoms with E-state index in [9.17, 15) is 4.79 Å². The highest BCUT2D eigenvalue weighted by molar-refractivity contribution is 5.98. The Morgan fingerprint density at radius 2 is 2.29 bits per heavy atom. The average Bonchev–Trinajstić information content (AvgIpc) is 2.95. The summed E-state index contributed by atoms with van der Waals surface area (Å²) in [6, 6.07) is 8.05. The molecule has 1 aromatic carbocycles. The van der Waals surface area contributed by atoms with E-state index in [4.69, 9.17) is 10.5 Å². The van der Waals surface area contributed by atoms with Crippen molar-refractivity contribution in [1.82, 2.24) is 4.98 Å². The number of aromatic nitrogens is 1. The third kappa shape index (κ3) is 2.97. The Morgan fingerprint density at radius 1 is 1.38 bits per heavy atom. The number of primary amides is 1. The largest absolute Gasteiger partial charge is 0.493 e. The first-order chi connectivity index (χ1) is 10.2. The number of rotatable bonds is 5. The number of nitrogens with one attached hydrogen (secondary N) is 1. The maximum atomic E-state index is 11.3. The monoisotopic (exact) mass is 283 g/mol. The summed E-state index contributed by atoms with van der Waals surface area (Å²) in [5.41, 5.74) is 8.99. The van der Waals surface area contributed by atoms with Crippen LogP contribution in [0.15, 0.2) is 36.7 Å². The van der Waals surface area contributed by atoms with Crippen LogP contribution in [0, 0.1) is 0 Å². The van der Waals surface area contributed by atoms with E-state index < -0.39 is 5.91 Å². The number of ether oxygens (including phenoxy) is 1. The molecule has 0 atom stereocenters. The number of hydrogen-bond acceptors (Lipinski definition) is 4. The molecule has 5 nitrogen and oxygen atoms in total. The molecule has 108 valence electrons. The molecule has 0 unspecified atom stereocenters. The maximum Gasteiger partial charge on any atom is 0.252 e. The van der Waals surface area contributed by atoms with Crippen molar-refractivity contribution < 1.29 is 9.53 Å². The standard InChI is InChI=1S/C16H17N3O2/c17-16(20)13-10-18-6-4-14(13)19-7-3-11-1-2-15-12(9-11)5-8-21-15/h1-2,4,6,9-10H,3,5,7-8H2,(H2,17,20)(H,18,19). The number of carbonyl (C=O) groups is 1. The minimum atomic E-state index is -0.472. The van der Waals surface area contributed by atoms with E-state index in [0.717, 1.165) is 37.4 Å². The van der Waals surface area contributed by atoms with Crippen molar-refractivity contribution >= 4 is 11.6 Å². The number of anilines is 1. The van der Waals surface area contributed by atoms with E-state index in [1.54, 1.807) is 12.3 Å². The molecule has 5 heteroatoms. The molecule has 3 N–H and O–H groups in total. The van der Waals surface area contributed by atoms with Crippen LogP contribution >= 0.6 is 0 Å². The Balaban J connectivity index is 1.63. The number of amides is 1. The molecule has 1 amide bonds. The fourth-order valence-electron chi connectivity index (χ4n) is 2.48. The van der Waals surface area contributed by atoms with Crippen molar-refractivity contribution in [2.24, 2.45) is 5.73 Å². The number of fused-ring (bicyclic) bond motifs is 1. The predicted molar refractivity (Wildman–Crippen MR) is 80.6 cm³/mol. The van der Waals surface area contributed by atoms with Crippen molar-refractivity contribution in [2.45, 2.75) is 12.8 Å². The first-order valence-corrected chi connectivity index (χ1v) is 6.96. The van der Waals surface area contributed by atoms with Gasteiger partial charge in [0.1, 0.15) is 5.75 Å². The van der Waals surface area contributed by atoms with E-state index in [-0.39, 0.29) is 0 Å². The highest BCUT2D eigenvalue weighted by Crippen LogP contribution is 2.26. The van der Waals surface area contributed by atoms with E-state index in [1.807, 2.05) is 6.07 Å². The van der Waals surface area contributed by atoms with Crippen molar-refractivity contribution in [1.29, 1.82) is 0 Å². The zero-order chi connectivity index (χ0) is 14.7. The van der Waals surface area contributed by atoms with Crippen LogP contribution in [-0.4, -0.2) is 24.0 Å². The molecule has 0 aliphatic carbocycles. The highest BCUT2D eigenvalue weighted by Gasteiger charge is 2.12. The number of benzene rings is 1. The highest BCUT2D eigenvalue weighted by atomic mass is 16.5. The van der Waals surface area contributed by atoms with Crippen LogP contribution in [0.3, 0.4) is 0 Å². The number of nitrogens with zero attached hydrogens (tertiary/aromatic N) is 1. The molecule has 0 spiro atoms. The summed E-state index contributed by atoms with van der Waals surface area (Å²) in [5, 5.41) is 3.24. The SMILES string of the molecule is NC(=O)c1cnccc1NCCc1ccc2c(c1)CCO2. The minimum Gasteiger partial charge on any atom is -0.493 e. The molecule has 21 heavy (non-hydrogen) atoms. The Kier molecular flexibility index (Phi) is 3.73. The number of nitrogens with two attached hydrogens (primary N) is 1. The second-order valence-corrected chi connectivity index (χ2v) is 5.00. The van der Waals surface area contributed by atoms with Crippen molar-refractivity contribution in [3.63, 3.8) is 0 Å². The van der Waals surface area contributed by atoms with Gasteiger partial charge in [0.05, 0.1) is 17.9 Å². The average molecular weight is 283 g/mol. The Morgan fingerprint density at radius 3 is 3.14 bits per heavy atom. The molecule has 0 radical (unpaired) electrons. The Bertz CT molecular complexity index is 670. The van der Waals surface area contributed by atoms with E-state index in [1.165, 1.54) is 17.3 Å². The van der Waals surface area contributed by atoms with Gasteiger partial charge in [-0.1, -0.05) is 12.1 Å². The van der Waals surface area contributed by atoms with Crippen molar-refractivity contribution in [3.05, 3.63) is 53.3 Å². The Hall–Kier alpha value is -2.56. The molecule has 0 bridgehead atoms. The summed E-state index contributed by atoms with van der Waals surface area (Å²) >= 11 is 0. The van der Waals surface area contributed by atoms with Crippen LogP contribution in [0.2, 0.25) is 0 Å². The summed E-state index contributed by atoms with van der Waals surface area (Å²) in [6.07, 6.45) is 4.97. The van der Waals surface area contributed by atoms with Gasteiger partial charge in [-0.15, -0.1) is 0 Å². The number of pyridine rings is 1. The summed E-state index contributed by atoms with van der Waals surface area (Å²) in [4.78, 5) is 15.2. The zero-order valence-corrected chi connectivity index (χ0v) is 11.6. The van der Waals surface area contributed by atoms with Gasteiger partial charge >= 0.3 is 0 Å². The van der Waals surface area contributed by atoms with Gasteiger partial charge in [0, 0.05) is 25.4 Å². The molecule has 0 saturated carbocycles. The van der Waals surface area contributed by atoms with Crippen LogP contribution in [0.5, 0.6) is 5.75 Å². The normalized spacial score (nSPS) is 12.6. The molecule has 0 saturated heterocycles. The van der Waals surface area contributed by atoms with Gasteiger partial charge in [0.25, 0.3) is 5.91 Å².